The molecule has 8 nitrogen and oxygen atoms in total. The topological polar surface area (TPSA) is 86.2 Å². The van der Waals surface area contributed by atoms with Gasteiger partial charge in [-0.05, 0) is 48.7 Å². The standard InChI is InChI=1S/C29H29ClFN5O3S/c1-5-26(37)34-14-15-35(19(4)17-34)29-22-16-23(30)27(21-11-6-8-12-24(21)31)32-28(22)36(40(38,39)33-29)25-13-9-7-10-20(25)18(2)3/h5-13,16,18-19H,1,14-15,17H2,2-4H3. The molecule has 0 saturated carbocycles. The van der Waals surface area contributed by atoms with Crippen molar-refractivity contribution in [3.05, 3.63) is 89.2 Å². The van der Waals surface area contributed by atoms with E-state index in [2.05, 4.69) is 11.0 Å². The molecular weight excluding hydrogens is 553 g/mol. The van der Waals surface area contributed by atoms with Crippen molar-refractivity contribution >= 4 is 45.1 Å². The van der Waals surface area contributed by atoms with E-state index in [4.69, 9.17) is 16.6 Å². The van der Waals surface area contributed by atoms with Crippen LogP contribution in [0.5, 0.6) is 0 Å². The molecule has 0 bridgehead atoms. The summed E-state index contributed by atoms with van der Waals surface area (Å²) in [7, 11) is -4.34. The van der Waals surface area contributed by atoms with E-state index in [1.807, 2.05) is 37.8 Å². The molecule has 1 aromatic heterocycles. The first-order valence-electron chi connectivity index (χ1n) is 12.9. The average molecular weight is 582 g/mol. The highest BCUT2D eigenvalue weighted by atomic mass is 35.5. The molecule has 1 amide bonds. The number of benzene rings is 2. The molecule has 2 aliphatic rings. The van der Waals surface area contributed by atoms with Crippen molar-refractivity contribution in [2.24, 2.45) is 4.40 Å². The zero-order valence-corrected chi connectivity index (χ0v) is 24.0. The summed E-state index contributed by atoms with van der Waals surface area (Å²) in [5, 5.41) is 0.154. The monoisotopic (exact) mass is 581 g/mol. The highest BCUT2D eigenvalue weighted by Gasteiger charge is 2.40. The summed E-state index contributed by atoms with van der Waals surface area (Å²) in [6, 6.07) is 14.6. The predicted octanol–water partition coefficient (Wildman–Crippen LogP) is 5.53. The third kappa shape index (κ3) is 4.86. The van der Waals surface area contributed by atoms with Crippen LogP contribution < -0.4 is 4.31 Å². The van der Waals surface area contributed by atoms with Crippen LogP contribution in [0.15, 0.2) is 71.6 Å². The highest BCUT2D eigenvalue weighted by molar-refractivity contribution is 7.92. The Hall–Kier alpha value is -3.76. The number of pyridine rings is 1. The molecule has 0 radical (unpaired) electrons. The Kier molecular flexibility index (Phi) is 7.41. The molecule has 2 aromatic carbocycles. The maximum atomic E-state index is 14.9. The van der Waals surface area contributed by atoms with Gasteiger partial charge in [-0.1, -0.05) is 62.4 Å². The minimum absolute atomic E-state index is 0.00550. The van der Waals surface area contributed by atoms with Gasteiger partial charge >= 0.3 is 10.2 Å². The lowest BCUT2D eigenvalue weighted by atomic mass is 10.0. The SMILES string of the molecule is C=CC(=O)N1CCN(C2=NS(=O)(=O)N(c3ccccc3C(C)C)c3nc(-c4ccccc4F)c(Cl)cc32)C(C)C1. The Morgan fingerprint density at radius 1 is 1.12 bits per heavy atom. The van der Waals surface area contributed by atoms with Crippen molar-refractivity contribution in [1.29, 1.82) is 0 Å². The number of hydrogen-bond donors (Lipinski definition) is 0. The molecular formula is C29H29ClFN5O3S. The number of halogens is 2. The lowest BCUT2D eigenvalue weighted by Gasteiger charge is -2.42. The van der Waals surface area contributed by atoms with Crippen LogP contribution in [0, 0.1) is 5.82 Å². The number of carbonyl (C=O) groups is 1. The number of nitrogens with zero attached hydrogens (tertiary/aromatic N) is 5. The van der Waals surface area contributed by atoms with Crippen LogP contribution in [-0.2, 0) is 15.0 Å². The molecule has 1 unspecified atom stereocenters. The van der Waals surface area contributed by atoms with Gasteiger partial charge in [-0.2, -0.15) is 8.42 Å². The first-order chi connectivity index (χ1) is 19.0. The number of hydrogen-bond acceptors (Lipinski definition) is 5. The fraction of sp³-hybridized carbons (Fsp3) is 0.276. The summed E-state index contributed by atoms with van der Waals surface area (Å²) in [5.74, 6) is -0.469. The molecule has 208 valence electrons. The first kappa shape index (κ1) is 27.8. The Labute approximate surface area is 238 Å². The summed E-state index contributed by atoms with van der Waals surface area (Å²) in [4.78, 5) is 20.4. The van der Waals surface area contributed by atoms with E-state index in [1.165, 1.54) is 12.1 Å². The summed E-state index contributed by atoms with van der Waals surface area (Å²) in [6.07, 6.45) is 1.26. The van der Waals surface area contributed by atoms with Crippen molar-refractivity contribution in [2.45, 2.75) is 32.7 Å². The van der Waals surface area contributed by atoms with Crippen LogP contribution in [0.4, 0.5) is 15.9 Å². The number of rotatable bonds is 4. The molecule has 1 fully saturated rings. The molecule has 0 spiro atoms. The average Bonchev–Trinajstić information content (AvgIpc) is 2.92. The minimum Gasteiger partial charge on any atom is -0.349 e. The van der Waals surface area contributed by atoms with Gasteiger partial charge in [0.1, 0.15) is 5.82 Å². The van der Waals surface area contributed by atoms with E-state index >= 15 is 0 Å². The van der Waals surface area contributed by atoms with Gasteiger partial charge in [0.2, 0.25) is 5.91 Å². The van der Waals surface area contributed by atoms with Crippen LogP contribution in [0.2, 0.25) is 5.02 Å². The Balaban J connectivity index is 1.73. The molecule has 3 aromatic rings. The van der Waals surface area contributed by atoms with Gasteiger partial charge in [-0.3, -0.25) is 4.79 Å². The molecule has 1 saturated heterocycles. The molecule has 40 heavy (non-hydrogen) atoms. The van der Waals surface area contributed by atoms with Gasteiger partial charge in [-0.25, -0.2) is 13.7 Å². The van der Waals surface area contributed by atoms with Crippen molar-refractivity contribution in [1.82, 2.24) is 14.8 Å². The fourth-order valence-electron chi connectivity index (χ4n) is 5.16. The molecule has 3 heterocycles. The van der Waals surface area contributed by atoms with Gasteiger partial charge in [-0.15, -0.1) is 4.40 Å². The summed E-state index contributed by atoms with van der Waals surface area (Å²) in [5.41, 5.74) is 1.86. The van der Waals surface area contributed by atoms with Gasteiger partial charge < -0.3 is 9.80 Å². The number of fused-ring (bicyclic) bond motifs is 1. The Morgan fingerprint density at radius 3 is 2.50 bits per heavy atom. The number of para-hydroxylation sites is 1. The third-order valence-corrected chi connectivity index (χ3v) is 8.64. The number of piperazine rings is 1. The van der Waals surface area contributed by atoms with Crippen molar-refractivity contribution in [3.63, 3.8) is 0 Å². The van der Waals surface area contributed by atoms with Gasteiger partial charge in [0.25, 0.3) is 0 Å². The summed E-state index contributed by atoms with van der Waals surface area (Å²) in [6.45, 7) is 10.4. The summed E-state index contributed by atoms with van der Waals surface area (Å²) >= 11 is 6.70. The lowest BCUT2D eigenvalue weighted by Crippen LogP contribution is -2.56. The van der Waals surface area contributed by atoms with E-state index in [0.29, 0.717) is 30.9 Å². The smallest absolute Gasteiger partial charge is 0.349 e. The third-order valence-electron chi connectivity index (χ3n) is 7.11. The molecule has 11 heteroatoms. The predicted molar refractivity (Wildman–Crippen MR) is 156 cm³/mol. The van der Waals surface area contributed by atoms with Crippen LogP contribution >= 0.6 is 11.6 Å². The maximum Gasteiger partial charge on any atom is 0.352 e. The fourth-order valence-corrected chi connectivity index (χ4v) is 6.69. The van der Waals surface area contributed by atoms with E-state index in [9.17, 15) is 17.6 Å². The number of amidine groups is 1. The van der Waals surface area contributed by atoms with E-state index in [-0.39, 0.29) is 45.8 Å². The Bertz CT molecular complexity index is 1640. The van der Waals surface area contributed by atoms with Crippen LogP contribution in [0.1, 0.15) is 37.8 Å². The second-order valence-electron chi connectivity index (χ2n) is 10.1. The molecule has 0 aliphatic carbocycles. The van der Waals surface area contributed by atoms with Gasteiger partial charge in [0, 0.05) is 31.2 Å². The zero-order chi connectivity index (χ0) is 28.8. The second kappa shape index (κ2) is 10.7. The number of aromatic nitrogens is 1. The van der Waals surface area contributed by atoms with E-state index in [0.717, 1.165) is 9.87 Å². The van der Waals surface area contributed by atoms with Crippen molar-refractivity contribution in [2.75, 3.05) is 23.9 Å². The van der Waals surface area contributed by atoms with Crippen molar-refractivity contribution < 1.29 is 17.6 Å². The molecule has 2 aliphatic heterocycles. The Morgan fingerprint density at radius 2 is 1.82 bits per heavy atom. The normalized spacial score (nSPS) is 18.4. The summed E-state index contributed by atoms with van der Waals surface area (Å²) < 4.78 is 48.2. The quantitative estimate of drug-likeness (QED) is 0.378. The zero-order valence-electron chi connectivity index (χ0n) is 22.4. The lowest BCUT2D eigenvalue weighted by molar-refractivity contribution is -0.128. The van der Waals surface area contributed by atoms with Crippen LogP contribution in [0.25, 0.3) is 11.3 Å². The van der Waals surface area contributed by atoms with Gasteiger partial charge in [0.05, 0.1) is 22.0 Å². The van der Waals surface area contributed by atoms with E-state index in [1.54, 1.807) is 41.3 Å². The second-order valence-corrected chi connectivity index (χ2v) is 11.9. The van der Waals surface area contributed by atoms with E-state index < -0.39 is 16.0 Å². The number of anilines is 2. The molecule has 0 N–H and O–H groups in total. The van der Waals surface area contributed by atoms with Gasteiger partial charge in [0.15, 0.2) is 11.7 Å². The van der Waals surface area contributed by atoms with Crippen molar-refractivity contribution in [3.8, 4) is 11.3 Å². The molecule has 5 rings (SSSR count). The first-order valence-corrected chi connectivity index (χ1v) is 14.7. The number of amides is 1. The van der Waals surface area contributed by atoms with Crippen LogP contribution in [-0.4, -0.2) is 60.6 Å². The maximum absolute atomic E-state index is 14.9. The highest BCUT2D eigenvalue weighted by Crippen LogP contribution is 2.43. The van der Waals surface area contributed by atoms with Crippen LogP contribution in [0.3, 0.4) is 0 Å². The largest absolute Gasteiger partial charge is 0.352 e. The molecule has 1 atom stereocenters. The minimum atomic E-state index is -4.34. The number of carbonyl (C=O) groups excluding carboxylic acids is 1.